The normalized spacial score (nSPS) is 23.0. The first kappa shape index (κ1) is 21.8. The van der Waals surface area contributed by atoms with Gasteiger partial charge >= 0.3 is 0 Å². The van der Waals surface area contributed by atoms with Gasteiger partial charge in [-0.25, -0.2) is 9.97 Å². The third-order valence-corrected chi connectivity index (χ3v) is 6.60. The number of nitrogens with one attached hydrogen (secondary N) is 2. The van der Waals surface area contributed by atoms with Gasteiger partial charge in [-0.1, -0.05) is 17.7 Å². The van der Waals surface area contributed by atoms with Crippen molar-refractivity contribution in [3.05, 3.63) is 35.5 Å². The molecular formula is C23H29ClN6O. The minimum absolute atomic E-state index is 0.313. The quantitative estimate of drug-likeness (QED) is 0.617. The Morgan fingerprint density at radius 3 is 2.71 bits per heavy atom. The van der Waals surface area contributed by atoms with Gasteiger partial charge < -0.3 is 21.1 Å². The smallest absolute Gasteiger partial charge is 0.126 e. The van der Waals surface area contributed by atoms with Crippen molar-refractivity contribution >= 4 is 23.2 Å². The molecule has 8 heteroatoms. The molecule has 4 N–H and O–H groups in total. The predicted molar refractivity (Wildman–Crippen MR) is 123 cm³/mol. The molecule has 31 heavy (non-hydrogen) atoms. The van der Waals surface area contributed by atoms with Crippen LogP contribution in [0.25, 0.3) is 11.3 Å². The molecule has 0 radical (unpaired) electrons. The van der Waals surface area contributed by atoms with E-state index in [2.05, 4.69) is 21.7 Å². The summed E-state index contributed by atoms with van der Waals surface area (Å²) in [5.41, 5.74) is 7.20. The number of hydrogen-bond acceptors (Lipinski definition) is 7. The van der Waals surface area contributed by atoms with Gasteiger partial charge in [0.15, 0.2) is 0 Å². The Bertz CT molecular complexity index is 932. The SMILES string of the molecule is N#CC1(CNc2cccc(-c3cc(N[C@H]4CC[C@@H](N)CC4)ncc3Cl)n2)CCOCC1. The lowest BCUT2D eigenvalue weighted by Crippen LogP contribution is -2.34. The molecule has 1 saturated carbocycles. The number of aromatic nitrogens is 2. The van der Waals surface area contributed by atoms with Crippen LogP contribution >= 0.6 is 11.6 Å². The molecule has 0 aromatic carbocycles. The first-order valence-corrected chi connectivity index (χ1v) is 11.3. The van der Waals surface area contributed by atoms with Crippen LogP contribution in [0.3, 0.4) is 0 Å². The lowest BCUT2D eigenvalue weighted by Gasteiger charge is -2.30. The van der Waals surface area contributed by atoms with Crippen LogP contribution in [0.5, 0.6) is 0 Å². The van der Waals surface area contributed by atoms with Gasteiger partial charge in [0.05, 0.1) is 22.2 Å². The Kier molecular flexibility index (Phi) is 6.91. The van der Waals surface area contributed by atoms with E-state index in [0.717, 1.165) is 61.4 Å². The van der Waals surface area contributed by atoms with E-state index in [1.807, 2.05) is 24.3 Å². The van der Waals surface area contributed by atoms with Gasteiger partial charge in [-0.2, -0.15) is 5.26 Å². The fourth-order valence-corrected chi connectivity index (χ4v) is 4.42. The highest BCUT2D eigenvalue weighted by atomic mass is 35.5. The van der Waals surface area contributed by atoms with Crippen molar-refractivity contribution in [1.29, 1.82) is 5.26 Å². The number of nitrogens with zero attached hydrogens (tertiary/aromatic N) is 3. The molecule has 0 amide bonds. The first-order chi connectivity index (χ1) is 15.1. The van der Waals surface area contributed by atoms with Crippen LogP contribution < -0.4 is 16.4 Å². The number of hydrogen-bond donors (Lipinski definition) is 3. The Morgan fingerprint density at radius 1 is 1.19 bits per heavy atom. The summed E-state index contributed by atoms with van der Waals surface area (Å²) in [6.07, 6.45) is 7.28. The maximum absolute atomic E-state index is 9.66. The average Bonchev–Trinajstić information content (AvgIpc) is 2.81. The zero-order chi connectivity index (χ0) is 21.7. The highest BCUT2D eigenvalue weighted by molar-refractivity contribution is 6.33. The van der Waals surface area contributed by atoms with Crippen molar-refractivity contribution in [2.45, 2.75) is 50.6 Å². The van der Waals surface area contributed by atoms with E-state index >= 15 is 0 Å². The highest BCUT2D eigenvalue weighted by Gasteiger charge is 2.32. The Morgan fingerprint density at radius 2 is 1.97 bits per heavy atom. The highest BCUT2D eigenvalue weighted by Crippen LogP contribution is 2.32. The second-order valence-corrected chi connectivity index (χ2v) is 8.98. The van der Waals surface area contributed by atoms with E-state index in [4.69, 9.17) is 27.1 Å². The molecule has 2 aromatic heterocycles. The summed E-state index contributed by atoms with van der Waals surface area (Å²) < 4.78 is 5.41. The van der Waals surface area contributed by atoms with Crippen LogP contribution in [-0.4, -0.2) is 41.8 Å². The van der Waals surface area contributed by atoms with E-state index in [-0.39, 0.29) is 0 Å². The lowest BCUT2D eigenvalue weighted by molar-refractivity contribution is 0.0455. The number of ether oxygens (including phenoxy) is 1. The molecule has 0 unspecified atom stereocenters. The van der Waals surface area contributed by atoms with Crippen molar-refractivity contribution < 1.29 is 4.74 Å². The van der Waals surface area contributed by atoms with Crippen LogP contribution in [0.2, 0.25) is 5.02 Å². The molecule has 1 aliphatic heterocycles. The summed E-state index contributed by atoms with van der Waals surface area (Å²) in [5, 5.41) is 17.1. The third-order valence-electron chi connectivity index (χ3n) is 6.30. The van der Waals surface area contributed by atoms with Crippen molar-refractivity contribution in [2.75, 3.05) is 30.4 Å². The zero-order valence-electron chi connectivity index (χ0n) is 17.6. The number of rotatable bonds is 6. The van der Waals surface area contributed by atoms with E-state index in [1.54, 1.807) is 6.20 Å². The van der Waals surface area contributed by atoms with E-state index in [1.165, 1.54) is 0 Å². The first-order valence-electron chi connectivity index (χ1n) is 10.9. The van der Waals surface area contributed by atoms with Gasteiger partial charge in [0, 0.05) is 43.6 Å². The summed E-state index contributed by atoms with van der Waals surface area (Å²) in [7, 11) is 0. The molecule has 1 saturated heterocycles. The fourth-order valence-electron chi connectivity index (χ4n) is 4.22. The molecule has 0 bridgehead atoms. The fraction of sp³-hybridized carbons (Fsp3) is 0.522. The van der Waals surface area contributed by atoms with E-state index < -0.39 is 5.41 Å². The Hall–Kier alpha value is -2.40. The van der Waals surface area contributed by atoms with Crippen LogP contribution in [0.1, 0.15) is 38.5 Å². The molecule has 4 rings (SSSR count). The van der Waals surface area contributed by atoms with Crippen molar-refractivity contribution in [1.82, 2.24) is 9.97 Å². The zero-order valence-corrected chi connectivity index (χ0v) is 18.4. The van der Waals surface area contributed by atoms with E-state index in [0.29, 0.717) is 36.9 Å². The van der Waals surface area contributed by atoms with Gasteiger partial charge in [0.1, 0.15) is 11.6 Å². The van der Waals surface area contributed by atoms with Gasteiger partial charge in [0.2, 0.25) is 0 Å². The third kappa shape index (κ3) is 5.45. The molecule has 2 aliphatic rings. The number of nitrogens with two attached hydrogens (primary N) is 1. The molecule has 3 heterocycles. The second-order valence-electron chi connectivity index (χ2n) is 8.57. The van der Waals surface area contributed by atoms with Crippen molar-refractivity contribution in [3.8, 4) is 17.3 Å². The maximum Gasteiger partial charge on any atom is 0.126 e. The van der Waals surface area contributed by atoms with Crippen LogP contribution in [0, 0.1) is 16.7 Å². The summed E-state index contributed by atoms with van der Waals surface area (Å²) >= 11 is 6.46. The topological polar surface area (TPSA) is 109 Å². The summed E-state index contributed by atoms with van der Waals surface area (Å²) in [6, 6.07) is 10.9. The van der Waals surface area contributed by atoms with Gasteiger partial charge in [-0.05, 0) is 56.7 Å². The minimum Gasteiger partial charge on any atom is -0.381 e. The summed E-state index contributed by atoms with van der Waals surface area (Å²) in [6.45, 7) is 1.79. The number of anilines is 2. The van der Waals surface area contributed by atoms with Gasteiger partial charge in [-0.3, -0.25) is 0 Å². The Labute approximate surface area is 188 Å². The van der Waals surface area contributed by atoms with Gasteiger partial charge in [0.25, 0.3) is 0 Å². The Balaban J connectivity index is 1.47. The molecule has 0 atom stereocenters. The molecular weight excluding hydrogens is 412 g/mol. The molecule has 164 valence electrons. The second kappa shape index (κ2) is 9.82. The van der Waals surface area contributed by atoms with Gasteiger partial charge in [-0.15, -0.1) is 0 Å². The van der Waals surface area contributed by atoms with E-state index in [9.17, 15) is 5.26 Å². The predicted octanol–water partition coefficient (Wildman–Crippen LogP) is 4.21. The largest absolute Gasteiger partial charge is 0.381 e. The molecule has 2 fully saturated rings. The van der Waals surface area contributed by atoms with Crippen LogP contribution in [0.15, 0.2) is 30.5 Å². The lowest BCUT2D eigenvalue weighted by atomic mass is 9.82. The van der Waals surface area contributed by atoms with Crippen LogP contribution in [0.4, 0.5) is 11.6 Å². The van der Waals surface area contributed by atoms with Crippen LogP contribution in [-0.2, 0) is 4.74 Å². The molecule has 0 spiro atoms. The minimum atomic E-state index is -0.413. The monoisotopic (exact) mass is 440 g/mol. The number of nitriles is 1. The van der Waals surface area contributed by atoms with Crippen molar-refractivity contribution in [3.63, 3.8) is 0 Å². The summed E-state index contributed by atoms with van der Waals surface area (Å²) in [5.74, 6) is 1.52. The standard InChI is InChI=1S/C23H29ClN6O/c24-19-13-27-22(29-17-6-4-16(26)5-7-17)12-18(19)20-2-1-3-21(30-20)28-15-23(14-25)8-10-31-11-9-23/h1-3,12-13,16-17H,4-11,15,26H2,(H,27,29)(H,28,30)/t16-,17+. The number of pyridine rings is 2. The molecule has 7 nitrogen and oxygen atoms in total. The molecule has 2 aromatic rings. The maximum atomic E-state index is 9.66. The number of halogens is 1. The van der Waals surface area contributed by atoms with Crippen molar-refractivity contribution in [2.24, 2.45) is 11.1 Å². The average molecular weight is 441 g/mol. The molecule has 1 aliphatic carbocycles. The summed E-state index contributed by atoms with van der Waals surface area (Å²) in [4.78, 5) is 9.20.